The highest BCUT2D eigenvalue weighted by molar-refractivity contribution is 7.99. The fourth-order valence-corrected chi connectivity index (χ4v) is 4.63. The number of hydrogen-bond donors (Lipinski definition) is 1. The Kier molecular flexibility index (Phi) is 7.02. The molecular weight excluding hydrogens is 450 g/mol. The molecule has 0 saturated carbocycles. The molecule has 0 aliphatic rings. The van der Waals surface area contributed by atoms with Gasteiger partial charge in [0.25, 0.3) is 5.91 Å². The minimum Gasteiger partial charge on any atom is -0.497 e. The molecule has 8 nitrogen and oxygen atoms in total. The Morgan fingerprint density at radius 2 is 1.88 bits per heavy atom. The number of ether oxygens (including phenoxy) is 1. The van der Waals surface area contributed by atoms with E-state index in [1.807, 2.05) is 49.4 Å². The summed E-state index contributed by atoms with van der Waals surface area (Å²) in [5.74, 6) is 0.640. The highest BCUT2D eigenvalue weighted by Crippen LogP contribution is 2.28. The first-order valence-electron chi connectivity index (χ1n) is 11.1. The average Bonchev–Trinajstić information content (AvgIpc) is 3.26. The van der Waals surface area contributed by atoms with Gasteiger partial charge in [0.05, 0.1) is 18.4 Å². The van der Waals surface area contributed by atoms with Crippen LogP contribution in [0.4, 0.5) is 5.69 Å². The van der Waals surface area contributed by atoms with Crippen LogP contribution in [0.5, 0.6) is 5.75 Å². The number of pyridine rings is 1. The van der Waals surface area contributed by atoms with E-state index in [1.54, 1.807) is 36.3 Å². The molecule has 2 amide bonds. The van der Waals surface area contributed by atoms with Gasteiger partial charge in [-0.3, -0.25) is 14.0 Å². The van der Waals surface area contributed by atoms with E-state index in [4.69, 9.17) is 4.74 Å². The van der Waals surface area contributed by atoms with Crippen LogP contribution >= 0.6 is 11.8 Å². The Balaban J connectivity index is 1.52. The molecule has 176 valence electrons. The minimum atomic E-state index is -0.191. The lowest BCUT2D eigenvalue weighted by molar-refractivity contribution is -0.113. The van der Waals surface area contributed by atoms with Gasteiger partial charge in [0.1, 0.15) is 5.75 Å². The van der Waals surface area contributed by atoms with Crippen molar-refractivity contribution in [3.05, 3.63) is 59.7 Å². The first kappa shape index (κ1) is 23.6. The lowest BCUT2D eigenvalue weighted by atomic mass is 10.1. The number of amides is 2. The van der Waals surface area contributed by atoms with Gasteiger partial charge < -0.3 is 15.0 Å². The molecule has 4 aromatic rings. The molecule has 0 bridgehead atoms. The zero-order valence-corrected chi connectivity index (χ0v) is 20.5. The number of fused-ring (bicyclic) bond motifs is 3. The van der Waals surface area contributed by atoms with E-state index in [-0.39, 0.29) is 17.6 Å². The predicted octanol–water partition coefficient (Wildman–Crippen LogP) is 4.41. The van der Waals surface area contributed by atoms with Crippen LogP contribution in [0.3, 0.4) is 0 Å². The standard InChI is InChI=1S/C25H27N5O3S/c1-5-29(6-2)24(32)17-8-7-9-18(13-17)26-23(31)15-34-25-28-27-22-12-16(3)20-11-10-19(33-4)14-21(20)30(22)25/h7-14H,5-6,15H2,1-4H3,(H,26,31). The molecule has 0 unspecified atom stereocenters. The molecule has 2 aromatic heterocycles. The molecule has 4 rings (SSSR count). The van der Waals surface area contributed by atoms with Gasteiger partial charge in [-0.2, -0.15) is 0 Å². The van der Waals surface area contributed by atoms with Crippen molar-refractivity contribution >= 4 is 45.8 Å². The third kappa shape index (κ3) is 4.70. The number of carbonyl (C=O) groups excluding carboxylic acids is 2. The van der Waals surface area contributed by atoms with Gasteiger partial charge in [0.15, 0.2) is 10.8 Å². The molecule has 34 heavy (non-hydrogen) atoms. The van der Waals surface area contributed by atoms with Crippen molar-refractivity contribution in [2.24, 2.45) is 0 Å². The number of aryl methyl sites for hydroxylation is 1. The molecule has 1 N–H and O–H groups in total. The molecule has 0 spiro atoms. The largest absolute Gasteiger partial charge is 0.497 e. The normalized spacial score (nSPS) is 11.1. The van der Waals surface area contributed by atoms with E-state index in [2.05, 4.69) is 15.5 Å². The number of rotatable bonds is 8. The third-order valence-corrected chi connectivity index (χ3v) is 6.58. The highest BCUT2D eigenvalue weighted by atomic mass is 32.2. The lowest BCUT2D eigenvalue weighted by Gasteiger charge is -2.19. The van der Waals surface area contributed by atoms with Crippen LogP contribution in [0.25, 0.3) is 16.6 Å². The summed E-state index contributed by atoms with van der Waals surface area (Å²) in [6.07, 6.45) is 0. The smallest absolute Gasteiger partial charge is 0.253 e. The fourth-order valence-electron chi connectivity index (χ4n) is 3.87. The van der Waals surface area contributed by atoms with Gasteiger partial charge in [-0.15, -0.1) is 10.2 Å². The number of nitrogens with zero attached hydrogens (tertiary/aromatic N) is 4. The summed E-state index contributed by atoms with van der Waals surface area (Å²) >= 11 is 1.30. The maximum Gasteiger partial charge on any atom is 0.253 e. The Bertz CT molecular complexity index is 1360. The van der Waals surface area contributed by atoms with Crippen molar-refractivity contribution in [3.63, 3.8) is 0 Å². The first-order valence-corrected chi connectivity index (χ1v) is 12.1. The first-order chi connectivity index (χ1) is 16.4. The number of carbonyl (C=O) groups is 2. The van der Waals surface area contributed by atoms with Gasteiger partial charge in [0.2, 0.25) is 5.91 Å². The Morgan fingerprint density at radius 1 is 1.09 bits per heavy atom. The molecule has 2 heterocycles. The van der Waals surface area contributed by atoms with Gasteiger partial charge in [0, 0.05) is 35.8 Å². The third-order valence-electron chi connectivity index (χ3n) is 5.65. The van der Waals surface area contributed by atoms with Crippen molar-refractivity contribution in [1.29, 1.82) is 0 Å². The van der Waals surface area contributed by atoms with Crippen molar-refractivity contribution in [3.8, 4) is 5.75 Å². The summed E-state index contributed by atoms with van der Waals surface area (Å²) in [5, 5.41) is 13.2. The van der Waals surface area contributed by atoms with Gasteiger partial charge in [-0.05, 0) is 62.7 Å². The van der Waals surface area contributed by atoms with Crippen LogP contribution < -0.4 is 10.1 Å². The van der Waals surface area contributed by atoms with Gasteiger partial charge >= 0.3 is 0 Å². The second kappa shape index (κ2) is 10.1. The summed E-state index contributed by atoms with van der Waals surface area (Å²) in [4.78, 5) is 27.0. The Labute approximate surface area is 202 Å². The van der Waals surface area contributed by atoms with Crippen LogP contribution in [-0.4, -0.2) is 57.3 Å². The number of thioether (sulfide) groups is 1. The van der Waals surface area contributed by atoms with Crippen molar-refractivity contribution in [2.75, 3.05) is 31.3 Å². The summed E-state index contributed by atoms with van der Waals surface area (Å²) in [5.41, 5.74) is 3.86. The SMILES string of the molecule is CCN(CC)C(=O)c1cccc(NC(=O)CSc2nnc3cc(C)c4ccc(OC)cc4n23)c1. The fraction of sp³-hybridized carbons (Fsp3) is 0.280. The minimum absolute atomic E-state index is 0.0528. The van der Waals surface area contributed by atoms with Crippen LogP contribution in [0, 0.1) is 6.92 Å². The van der Waals surface area contributed by atoms with Gasteiger partial charge in [-0.1, -0.05) is 17.8 Å². The maximum atomic E-state index is 12.7. The molecule has 0 aliphatic carbocycles. The predicted molar refractivity (Wildman–Crippen MR) is 135 cm³/mol. The van der Waals surface area contributed by atoms with Crippen LogP contribution in [-0.2, 0) is 4.79 Å². The number of anilines is 1. The summed E-state index contributed by atoms with van der Waals surface area (Å²) in [7, 11) is 1.63. The molecule has 0 atom stereocenters. The number of benzene rings is 2. The van der Waals surface area contributed by atoms with Crippen LogP contribution in [0.2, 0.25) is 0 Å². The quantitative estimate of drug-likeness (QED) is 0.378. The summed E-state index contributed by atoms with van der Waals surface area (Å²) in [6, 6.07) is 14.9. The van der Waals surface area contributed by atoms with Crippen molar-refractivity contribution in [2.45, 2.75) is 25.9 Å². The second-order valence-electron chi connectivity index (χ2n) is 7.78. The number of nitrogens with one attached hydrogen (secondary N) is 1. The van der Waals surface area contributed by atoms with Crippen molar-refractivity contribution in [1.82, 2.24) is 19.5 Å². The maximum absolute atomic E-state index is 12.7. The number of aromatic nitrogens is 3. The van der Waals surface area contributed by atoms with E-state index in [0.717, 1.165) is 22.2 Å². The molecule has 0 fully saturated rings. The Morgan fingerprint density at radius 3 is 2.62 bits per heavy atom. The zero-order chi connectivity index (χ0) is 24.2. The molecular formula is C25H27N5O3S. The molecule has 9 heteroatoms. The molecule has 0 saturated heterocycles. The topological polar surface area (TPSA) is 88.8 Å². The lowest BCUT2D eigenvalue weighted by Crippen LogP contribution is -2.30. The van der Waals surface area contributed by atoms with E-state index in [9.17, 15) is 9.59 Å². The summed E-state index contributed by atoms with van der Waals surface area (Å²) in [6.45, 7) is 7.19. The van der Waals surface area contributed by atoms with E-state index >= 15 is 0 Å². The second-order valence-corrected chi connectivity index (χ2v) is 8.72. The molecule has 0 radical (unpaired) electrons. The van der Waals surface area contributed by atoms with Crippen LogP contribution in [0.15, 0.2) is 53.7 Å². The average molecular weight is 478 g/mol. The number of methoxy groups -OCH3 is 1. The van der Waals surface area contributed by atoms with E-state index < -0.39 is 0 Å². The highest BCUT2D eigenvalue weighted by Gasteiger charge is 2.16. The van der Waals surface area contributed by atoms with E-state index in [1.165, 1.54) is 11.8 Å². The van der Waals surface area contributed by atoms with Crippen molar-refractivity contribution < 1.29 is 14.3 Å². The monoisotopic (exact) mass is 477 g/mol. The molecule has 0 aliphatic heterocycles. The summed E-state index contributed by atoms with van der Waals surface area (Å²) < 4.78 is 7.33. The molecule has 2 aromatic carbocycles. The van der Waals surface area contributed by atoms with Crippen LogP contribution in [0.1, 0.15) is 29.8 Å². The Hall–Kier alpha value is -3.59. The zero-order valence-electron chi connectivity index (χ0n) is 19.7. The number of hydrogen-bond acceptors (Lipinski definition) is 6. The van der Waals surface area contributed by atoms with Gasteiger partial charge in [-0.25, -0.2) is 0 Å². The van der Waals surface area contributed by atoms with E-state index in [0.29, 0.717) is 35.1 Å².